The van der Waals surface area contributed by atoms with Crippen molar-refractivity contribution in [3.8, 4) is 16.9 Å². The molecule has 1 unspecified atom stereocenters. The summed E-state index contributed by atoms with van der Waals surface area (Å²) in [6.07, 6.45) is 0.284. The number of benzene rings is 2. The van der Waals surface area contributed by atoms with Crippen molar-refractivity contribution < 1.29 is 9.47 Å². The normalized spacial score (nSPS) is 17.3. The summed E-state index contributed by atoms with van der Waals surface area (Å²) >= 11 is 0. The highest BCUT2D eigenvalue weighted by molar-refractivity contribution is 5.71. The Kier molecular flexibility index (Phi) is 3.26. The van der Waals surface area contributed by atoms with Crippen molar-refractivity contribution in [3.05, 3.63) is 53.6 Å². The van der Waals surface area contributed by atoms with Gasteiger partial charge in [0.1, 0.15) is 18.5 Å². The molecule has 2 heteroatoms. The van der Waals surface area contributed by atoms with Crippen LogP contribution < -0.4 is 4.74 Å². The van der Waals surface area contributed by atoms with E-state index in [0.29, 0.717) is 6.61 Å². The third-order valence-corrected chi connectivity index (χ3v) is 3.29. The van der Waals surface area contributed by atoms with Gasteiger partial charge in [0.2, 0.25) is 0 Å². The molecule has 0 aliphatic carbocycles. The highest BCUT2D eigenvalue weighted by atomic mass is 16.6. The lowest BCUT2D eigenvalue weighted by molar-refractivity contribution is 0.264. The predicted molar refractivity (Wildman–Crippen MR) is 76.6 cm³/mol. The first kappa shape index (κ1) is 12.2. The zero-order valence-corrected chi connectivity index (χ0v) is 11.3. The molecule has 2 aromatic rings. The van der Waals surface area contributed by atoms with Gasteiger partial charge in [0.05, 0.1) is 6.61 Å². The number of aryl methyl sites for hydroxylation is 2. The van der Waals surface area contributed by atoms with Crippen molar-refractivity contribution in [2.75, 3.05) is 13.2 Å². The van der Waals surface area contributed by atoms with Gasteiger partial charge in [0, 0.05) is 5.56 Å². The smallest absolute Gasteiger partial charge is 0.127 e. The molecule has 1 heterocycles. The third kappa shape index (κ3) is 2.96. The van der Waals surface area contributed by atoms with E-state index in [2.05, 4.69) is 56.3 Å². The van der Waals surface area contributed by atoms with Gasteiger partial charge < -0.3 is 9.47 Å². The summed E-state index contributed by atoms with van der Waals surface area (Å²) in [5.74, 6) is 0.937. The van der Waals surface area contributed by atoms with Crippen molar-refractivity contribution in [2.45, 2.75) is 20.0 Å². The number of hydrogen-bond donors (Lipinski definition) is 0. The van der Waals surface area contributed by atoms with E-state index in [1.165, 1.54) is 16.7 Å². The van der Waals surface area contributed by atoms with Crippen molar-refractivity contribution in [3.63, 3.8) is 0 Å². The molecule has 0 aromatic heterocycles. The van der Waals surface area contributed by atoms with Gasteiger partial charge in [0.25, 0.3) is 0 Å². The van der Waals surface area contributed by atoms with Crippen LogP contribution in [0, 0.1) is 13.8 Å². The first-order valence-corrected chi connectivity index (χ1v) is 6.64. The van der Waals surface area contributed by atoms with E-state index in [1.54, 1.807) is 0 Å². The highest BCUT2D eigenvalue weighted by Crippen LogP contribution is 2.32. The van der Waals surface area contributed by atoms with Crippen LogP contribution >= 0.6 is 0 Å². The maximum Gasteiger partial charge on any atom is 0.127 e. The van der Waals surface area contributed by atoms with Gasteiger partial charge in [-0.3, -0.25) is 0 Å². The minimum atomic E-state index is 0.284. The van der Waals surface area contributed by atoms with Crippen LogP contribution in [0.2, 0.25) is 0 Å². The standard InChI is InChI=1S/C17H18O2/c1-12-4-3-5-14(8-12)16-9-13(2)6-7-17(16)19-11-15-10-18-15/h3-9,15H,10-11H2,1-2H3. The molecule has 0 bridgehead atoms. The lowest BCUT2D eigenvalue weighted by Crippen LogP contribution is -2.05. The Hall–Kier alpha value is -1.80. The van der Waals surface area contributed by atoms with Gasteiger partial charge in [-0.15, -0.1) is 0 Å². The average Bonchev–Trinajstić information content (AvgIpc) is 3.21. The average molecular weight is 254 g/mol. The van der Waals surface area contributed by atoms with Gasteiger partial charge in [-0.1, -0.05) is 41.5 Å². The van der Waals surface area contributed by atoms with E-state index >= 15 is 0 Å². The van der Waals surface area contributed by atoms with Crippen LogP contribution in [0.15, 0.2) is 42.5 Å². The van der Waals surface area contributed by atoms with Crippen LogP contribution in [-0.4, -0.2) is 19.3 Å². The Labute approximate surface area is 114 Å². The first-order valence-electron chi connectivity index (χ1n) is 6.64. The Morgan fingerprint density at radius 1 is 1.11 bits per heavy atom. The molecular formula is C17H18O2. The van der Waals surface area contributed by atoms with Gasteiger partial charge >= 0.3 is 0 Å². The summed E-state index contributed by atoms with van der Waals surface area (Å²) in [6.45, 7) is 5.68. The highest BCUT2D eigenvalue weighted by Gasteiger charge is 2.23. The second kappa shape index (κ2) is 5.06. The molecule has 0 radical (unpaired) electrons. The summed E-state index contributed by atoms with van der Waals surface area (Å²) in [7, 11) is 0. The van der Waals surface area contributed by atoms with E-state index < -0.39 is 0 Å². The zero-order valence-electron chi connectivity index (χ0n) is 11.3. The van der Waals surface area contributed by atoms with Crippen LogP contribution in [0.25, 0.3) is 11.1 Å². The Bertz CT molecular complexity index is 586. The van der Waals surface area contributed by atoms with Crippen LogP contribution in [0.3, 0.4) is 0 Å². The van der Waals surface area contributed by atoms with Crippen molar-refractivity contribution in [1.82, 2.24) is 0 Å². The molecule has 1 atom stereocenters. The minimum Gasteiger partial charge on any atom is -0.490 e. The van der Waals surface area contributed by atoms with Crippen molar-refractivity contribution >= 4 is 0 Å². The lowest BCUT2D eigenvalue weighted by Gasteiger charge is -2.12. The first-order chi connectivity index (χ1) is 9.22. The fraction of sp³-hybridized carbons (Fsp3) is 0.294. The van der Waals surface area contributed by atoms with Gasteiger partial charge in [-0.2, -0.15) is 0 Å². The Morgan fingerprint density at radius 3 is 2.63 bits per heavy atom. The van der Waals surface area contributed by atoms with Gasteiger partial charge in [0.15, 0.2) is 0 Å². The van der Waals surface area contributed by atoms with E-state index in [1.807, 2.05) is 0 Å². The van der Waals surface area contributed by atoms with Crippen molar-refractivity contribution in [2.24, 2.45) is 0 Å². The monoisotopic (exact) mass is 254 g/mol. The second-order valence-electron chi connectivity index (χ2n) is 5.14. The van der Waals surface area contributed by atoms with Crippen LogP contribution in [0.4, 0.5) is 0 Å². The topological polar surface area (TPSA) is 21.8 Å². The van der Waals surface area contributed by atoms with Crippen LogP contribution in [0.1, 0.15) is 11.1 Å². The zero-order chi connectivity index (χ0) is 13.2. The van der Waals surface area contributed by atoms with Gasteiger partial charge in [-0.25, -0.2) is 0 Å². The molecule has 0 N–H and O–H groups in total. The molecule has 19 heavy (non-hydrogen) atoms. The molecule has 2 nitrogen and oxygen atoms in total. The maximum atomic E-state index is 5.89. The molecule has 1 aliphatic rings. The van der Waals surface area contributed by atoms with E-state index in [4.69, 9.17) is 9.47 Å². The summed E-state index contributed by atoms with van der Waals surface area (Å²) in [4.78, 5) is 0. The molecule has 0 amide bonds. The second-order valence-corrected chi connectivity index (χ2v) is 5.14. The summed E-state index contributed by atoms with van der Waals surface area (Å²) < 4.78 is 11.1. The largest absolute Gasteiger partial charge is 0.490 e. The molecule has 3 rings (SSSR count). The molecule has 1 aliphatic heterocycles. The molecular weight excluding hydrogens is 236 g/mol. The quantitative estimate of drug-likeness (QED) is 0.775. The summed E-state index contributed by atoms with van der Waals surface area (Å²) in [5, 5.41) is 0. The van der Waals surface area contributed by atoms with Crippen LogP contribution in [0.5, 0.6) is 5.75 Å². The fourth-order valence-corrected chi connectivity index (χ4v) is 2.15. The SMILES string of the molecule is Cc1cccc(-c2cc(C)ccc2OCC2CO2)c1. The number of ether oxygens (including phenoxy) is 2. The molecule has 2 aromatic carbocycles. The molecule has 0 saturated carbocycles. The molecule has 1 fully saturated rings. The molecule has 1 saturated heterocycles. The van der Waals surface area contributed by atoms with Crippen LogP contribution in [-0.2, 0) is 4.74 Å². The predicted octanol–water partition coefficient (Wildman–Crippen LogP) is 3.75. The van der Waals surface area contributed by atoms with E-state index in [9.17, 15) is 0 Å². The van der Waals surface area contributed by atoms with Gasteiger partial charge in [-0.05, 0) is 31.5 Å². The van der Waals surface area contributed by atoms with Crippen molar-refractivity contribution in [1.29, 1.82) is 0 Å². The third-order valence-electron chi connectivity index (χ3n) is 3.29. The Balaban J connectivity index is 1.94. The maximum absolute atomic E-state index is 5.89. The summed E-state index contributed by atoms with van der Waals surface area (Å²) in [6, 6.07) is 14.8. The summed E-state index contributed by atoms with van der Waals surface area (Å²) in [5.41, 5.74) is 4.86. The molecule has 0 spiro atoms. The fourth-order valence-electron chi connectivity index (χ4n) is 2.15. The minimum absolute atomic E-state index is 0.284. The number of rotatable bonds is 4. The Morgan fingerprint density at radius 2 is 1.89 bits per heavy atom. The number of epoxide rings is 1. The van der Waals surface area contributed by atoms with E-state index in [-0.39, 0.29) is 6.10 Å². The lowest BCUT2D eigenvalue weighted by atomic mass is 10.0. The van der Waals surface area contributed by atoms with E-state index in [0.717, 1.165) is 17.9 Å². The molecule has 98 valence electrons. The number of hydrogen-bond acceptors (Lipinski definition) is 2.